The van der Waals surface area contributed by atoms with E-state index in [1.165, 1.54) is 28.0 Å². The van der Waals surface area contributed by atoms with E-state index in [0.717, 1.165) is 44.9 Å². The Morgan fingerprint density at radius 3 is 2.83 bits per heavy atom. The molecular formula is C24H31N3O2S. The number of nitrogens with zero attached hydrogens (tertiary/aromatic N) is 2. The van der Waals surface area contributed by atoms with Gasteiger partial charge in [0.05, 0.1) is 6.10 Å². The van der Waals surface area contributed by atoms with Crippen LogP contribution in [0.4, 0.5) is 0 Å². The van der Waals surface area contributed by atoms with Gasteiger partial charge in [-0.25, -0.2) is 14.9 Å². The lowest BCUT2D eigenvalue weighted by atomic mass is 9.66. The summed E-state index contributed by atoms with van der Waals surface area (Å²) in [6.07, 6.45) is 13.6. The number of hydrogen-bond acceptors (Lipinski definition) is 6. The molecule has 5 nitrogen and oxygen atoms in total. The molecule has 1 unspecified atom stereocenters. The molecule has 2 spiro atoms. The molecule has 0 bridgehead atoms. The van der Waals surface area contributed by atoms with Crippen LogP contribution in [0.5, 0.6) is 0 Å². The summed E-state index contributed by atoms with van der Waals surface area (Å²) >= 11 is 1.81. The summed E-state index contributed by atoms with van der Waals surface area (Å²) in [6, 6.07) is 6.88. The Balaban J connectivity index is 1.57. The van der Waals surface area contributed by atoms with Gasteiger partial charge in [0, 0.05) is 30.0 Å². The van der Waals surface area contributed by atoms with Gasteiger partial charge in [-0.15, -0.1) is 0 Å². The van der Waals surface area contributed by atoms with Gasteiger partial charge in [-0.05, 0) is 74.0 Å². The number of ether oxygens (including phenoxy) is 1. The molecule has 6 heteroatoms. The maximum Gasteiger partial charge on any atom is 0.220 e. The molecule has 1 aromatic carbocycles. The minimum absolute atomic E-state index is 0.0687. The summed E-state index contributed by atoms with van der Waals surface area (Å²) in [5.41, 5.74) is 9.24. The number of rotatable bonds is 2. The van der Waals surface area contributed by atoms with Gasteiger partial charge in [-0.2, -0.15) is 0 Å². The maximum atomic E-state index is 6.52. The van der Waals surface area contributed by atoms with Gasteiger partial charge in [0.25, 0.3) is 0 Å². The van der Waals surface area contributed by atoms with Crippen molar-refractivity contribution in [1.82, 2.24) is 5.06 Å². The van der Waals surface area contributed by atoms with Crippen molar-refractivity contribution in [3.63, 3.8) is 0 Å². The molecule has 2 aliphatic heterocycles. The number of allylic oxidation sites excluding steroid dienone is 2. The van der Waals surface area contributed by atoms with E-state index in [4.69, 9.17) is 20.3 Å². The molecule has 4 aliphatic rings. The molecule has 1 fully saturated rings. The van der Waals surface area contributed by atoms with Crippen LogP contribution >= 0.6 is 11.8 Å². The van der Waals surface area contributed by atoms with Crippen LogP contribution in [0.25, 0.3) is 4.91 Å². The second kappa shape index (κ2) is 7.74. The third-order valence-electron chi connectivity index (χ3n) is 7.29. The van der Waals surface area contributed by atoms with E-state index in [9.17, 15) is 0 Å². The number of aliphatic imine (C=N–C) groups is 1. The highest BCUT2D eigenvalue weighted by molar-refractivity contribution is 8.10. The molecule has 160 valence electrons. The topological polar surface area (TPSA) is 60.1 Å². The van der Waals surface area contributed by atoms with Crippen molar-refractivity contribution >= 4 is 22.6 Å². The van der Waals surface area contributed by atoms with Gasteiger partial charge in [0.1, 0.15) is 0 Å². The maximum absolute atomic E-state index is 6.52. The fourth-order valence-electron chi connectivity index (χ4n) is 5.58. The Bertz CT molecular complexity index is 917. The highest BCUT2D eigenvalue weighted by Gasteiger charge is 2.63. The van der Waals surface area contributed by atoms with E-state index >= 15 is 0 Å². The van der Waals surface area contributed by atoms with E-state index in [0.29, 0.717) is 12.1 Å². The highest BCUT2D eigenvalue weighted by atomic mass is 32.2. The van der Waals surface area contributed by atoms with Crippen molar-refractivity contribution in [2.45, 2.75) is 63.2 Å². The third kappa shape index (κ3) is 3.12. The van der Waals surface area contributed by atoms with Crippen LogP contribution in [0.3, 0.4) is 0 Å². The number of benzene rings is 1. The smallest absolute Gasteiger partial charge is 0.220 e. The summed E-state index contributed by atoms with van der Waals surface area (Å²) in [6.45, 7) is 0. The molecule has 0 aromatic heterocycles. The van der Waals surface area contributed by atoms with Gasteiger partial charge >= 0.3 is 0 Å². The lowest BCUT2D eigenvalue weighted by Crippen LogP contribution is -2.46. The average molecular weight is 426 g/mol. The first-order chi connectivity index (χ1) is 14.6. The highest BCUT2D eigenvalue weighted by Crippen LogP contribution is 2.62. The zero-order chi connectivity index (χ0) is 20.8. The van der Waals surface area contributed by atoms with Crippen LogP contribution in [0, 0.1) is 5.41 Å². The quantitative estimate of drug-likeness (QED) is 0.728. The molecule has 2 heterocycles. The number of hydrogen-bond donors (Lipinski definition) is 1. The van der Waals surface area contributed by atoms with Gasteiger partial charge in [0.15, 0.2) is 0 Å². The second-order valence-corrected chi connectivity index (χ2v) is 9.90. The molecule has 5 rings (SSSR count). The monoisotopic (exact) mass is 425 g/mol. The second-order valence-electron chi connectivity index (χ2n) is 8.96. The van der Waals surface area contributed by atoms with E-state index in [1.807, 2.05) is 25.9 Å². The SMILES string of the molecule is COC1CCC2(CC1)Cc1ccc(C3=CCCCC=CS3)cc1C21N=C(N)N(C)O1. The van der Waals surface area contributed by atoms with Gasteiger partial charge < -0.3 is 10.5 Å². The molecule has 2 aliphatic carbocycles. The third-order valence-corrected chi connectivity index (χ3v) is 8.27. The molecule has 2 N–H and O–H groups in total. The minimum Gasteiger partial charge on any atom is -0.381 e. The van der Waals surface area contributed by atoms with Gasteiger partial charge in [0.2, 0.25) is 11.7 Å². The van der Waals surface area contributed by atoms with E-state index in [1.54, 1.807) is 5.06 Å². The molecule has 30 heavy (non-hydrogen) atoms. The predicted molar refractivity (Wildman–Crippen MR) is 123 cm³/mol. The van der Waals surface area contributed by atoms with E-state index in [2.05, 4.69) is 35.8 Å². The molecule has 1 atom stereocenters. The average Bonchev–Trinajstić information content (AvgIpc) is 3.16. The van der Waals surface area contributed by atoms with Crippen molar-refractivity contribution in [2.75, 3.05) is 14.2 Å². The summed E-state index contributed by atoms with van der Waals surface area (Å²) in [5.74, 6) is 0.462. The van der Waals surface area contributed by atoms with Crippen molar-refractivity contribution in [3.8, 4) is 0 Å². The van der Waals surface area contributed by atoms with E-state index in [-0.39, 0.29) is 5.41 Å². The number of methoxy groups -OCH3 is 1. The fourth-order valence-corrected chi connectivity index (χ4v) is 6.43. The van der Waals surface area contributed by atoms with Crippen molar-refractivity contribution in [3.05, 3.63) is 52.4 Å². The first kappa shape index (κ1) is 20.2. The van der Waals surface area contributed by atoms with Crippen molar-refractivity contribution < 1.29 is 9.57 Å². The number of nitrogens with two attached hydrogens (primary N) is 1. The first-order valence-electron chi connectivity index (χ1n) is 11.0. The Labute approximate surface area is 183 Å². The van der Waals surface area contributed by atoms with Gasteiger partial charge in [-0.1, -0.05) is 36.0 Å². The number of guanidine groups is 1. The predicted octanol–water partition coefficient (Wildman–Crippen LogP) is 4.93. The molecule has 0 amide bonds. The molecule has 1 aromatic rings. The molecule has 0 saturated heterocycles. The largest absolute Gasteiger partial charge is 0.381 e. The Morgan fingerprint density at radius 1 is 1.27 bits per heavy atom. The van der Waals surface area contributed by atoms with Crippen LogP contribution in [-0.4, -0.2) is 31.3 Å². The molecule has 0 radical (unpaired) electrons. The van der Waals surface area contributed by atoms with Crippen LogP contribution in [0.2, 0.25) is 0 Å². The van der Waals surface area contributed by atoms with Crippen molar-refractivity contribution in [2.24, 2.45) is 16.1 Å². The van der Waals surface area contributed by atoms with E-state index < -0.39 is 5.72 Å². The minimum atomic E-state index is -0.724. The Hall–Kier alpha value is -1.76. The number of fused-ring (bicyclic) bond motifs is 3. The number of hydroxylamine groups is 2. The van der Waals surface area contributed by atoms with Crippen LogP contribution in [0.15, 0.2) is 40.8 Å². The lowest BCUT2D eigenvalue weighted by molar-refractivity contribution is -0.232. The molecular weight excluding hydrogens is 394 g/mol. The fraction of sp³-hybridized carbons (Fsp3) is 0.542. The Morgan fingerprint density at radius 2 is 2.10 bits per heavy atom. The number of thioether (sulfide) groups is 1. The summed E-state index contributed by atoms with van der Waals surface area (Å²) in [7, 11) is 3.68. The zero-order valence-electron chi connectivity index (χ0n) is 17.9. The first-order valence-corrected chi connectivity index (χ1v) is 11.9. The standard InChI is InChI=1S/C24H31N3O2S/c1-27-22(25)26-24(29-27)20-15-17(21-7-5-3-4-6-14-30-21)8-9-18(20)16-23(24)12-10-19(28-2)11-13-23/h6-9,14-15,19H,3-5,10-13,16H2,1-2H3,(H2,25,26). The zero-order valence-corrected chi connectivity index (χ0v) is 18.7. The normalized spacial score (nSPS) is 33.4. The van der Waals surface area contributed by atoms with Crippen LogP contribution in [0.1, 0.15) is 61.6 Å². The van der Waals surface area contributed by atoms with Crippen LogP contribution in [-0.2, 0) is 21.7 Å². The summed E-state index contributed by atoms with van der Waals surface area (Å²) in [5, 5.41) is 3.87. The van der Waals surface area contributed by atoms with Crippen LogP contribution < -0.4 is 5.73 Å². The van der Waals surface area contributed by atoms with Gasteiger partial charge in [-0.3, -0.25) is 0 Å². The summed E-state index contributed by atoms with van der Waals surface area (Å²) in [4.78, 5) is 12.8. The Kier molecular flexibility index (Phi) is 5.20. The van der Waals surface area contributed by atoms with Crippen molar-refractivity contribution in [1.29, 1.82) is 0 Å². The lowest BCUT2D eigenvalue weighted by Gasteiger charge is -2.45. The molecule has 1 saturated carbocycles. The summed E-state index contributed by atoms with van der Waals surface area (Å²) < 4.78 is 5.66.